The fourth-order valence-corrected chi connectivity index (χ4v) is 1.77. The zero-order chi connectivity index (χ0) is 13.9. The third-order valence-electron chi connectivity index (χ3n) is 2.57. The highest BCUT2D eigenvalue weighted by Crippen LogP contribution is 2.18. The summed E-state index contributed by atoms with van der Waals surface area (Å²) in [4.78, 5) is 16.4. The average molecular weight is 254 g/mol. The maximum atomic E-state index is 12.1. The summed E-state index contributed by atoms with van der Waals surface area (Å²) in [6.07, 6.45) is 1.75. The summed E-state index contributed by atoms with van der Waals surface area (Å²) >= 11 is 0. The minimum Gasteiger partial charge on any atom is -0.347 e. The Kier molecular flexibility index (Phi) is 3.65. The zero-order valence-corrected chi connectivity index (χ0v) is 11.5. The largest absolute Gasteiger partial charge is 0.347 e. The predicted octanol–water partition coefficient (Wildman–Crippen LogP) is 3.28. The van der Waals surface area contributed by atoms with Gasteiger partial charge in [0.25, 0.3) is 5.91 Å². The summed E-state index contributed by atoms with van der Waals surface area (Å²) < 4.78 is 0. The first-order chi connectivity index (χ1) is 8.96. The highest BCUT2D eigenvalue weighted by molar-refractivity contribution is 5.95. The van der Waals surface area contributed by atoms with Crippen LogP contribution >= 0.6 is 0 Å². The average Bonchev–Trinajstić information content (AvgIpc) is 2.38. The SMILES string of the molecule is CC(C)(C)NC(=O)c1cccc(-c2ccccn2)c1. The van der Waals surface area contributed by atoms with Gasteiger partial charge in [0.05, 0.1) is 5.69 Å². The molecule has 98 valence electrons. The van der Waals surface area contributed by atoms with Crippen molar-refractivity contribution in [2.45, 2.75) is 26.3 Å². The number of hydrogen-bond acceptors (Lipinski definition) is 2. The number of rotatable bonds is 2. The number of hydrogen-bond donors (Lipinski definition) is 1. The molecule has 3 heteroatoms. The number of pyridine rings is 1. The van der Waals surface area contributed by atoms with Crippen LogP contribution in [0.5, 0.6) is 0 Å². The molecule has 1 aromatic heterocycles. The van der Waals surface area contributed by atoms with Gasteiger partial charge in [-0.3, -0.25) is 9.78 Å². The molecule has 0 atom stereocenters. The van der Waals surface area contributed by atoms with Gasteiger partial charge >= 0.3 is 0 Å². The number of carbonyl (C=O) groups excluding carboxylic acids is 1. The summed E-state index contributed by atoms with van der Waals surface area (Å²) in [6, 6.07) is 13.2. The molecule has 1 amide bonds. The predicted molar refractivity (Wildman–Crippen MR) is 76.9 cm³/mol. The molecule has 0 spiro atoms. The van der Waals surface area contributed by atoms with E-state index in [4.69, 9.17) is 0 Å². The molecule has 1 heterocycles. The second-order valence-electron chi connectivity index (χ2n) is 5.50. The van der Waals surface area contributed by atoms with Crippen molar-refractivity contribution < 1.29 is 4.79 Å². The van der Waals surface area contributed by atoms with Crippen molar-refractivity contribution in [2.75, 3.05) is 0 Å². The maximum Gasteiger partial charge on any atom is 0.251 e. The zero-order valence-electron chi connectivity index (χ0n) is 11.5. The Morgan fingerprint density at radius 3 is 2.53 bits per heavy atom. The molecule has 0 aliphatic carbocycles. The van der Waals surface area contributed by atoms with Crippen molar-refractivity contribution in [1.29, 1.82) is 0 Å². The molecule has 0 saturated heterocycles. The summed E-state index contributed by atoms with van der Waals surface area (Å²) in [5.41, 5.74) is 2.23. The van der Waals surface area contributed by atoms with Gasteiger partial charge in [-0.2, -0.15) is 0 Å². The summed E-state index contributed by atoms with van der Waals surface area (Å²) in [7, 11) is 0. The summed E-state index contributed by atoms with van der Waals surface area (Å²) in [5.74, 6) is -0.0646. The van der Waals surface area contributed by atoms with E-state index in [1.807, 2.05) is 63.2 Å². The molecule has 0 fully saturated rings. The second kappa shape index (κ2) is 5.22. The van der Waals surface area contributed by atoms with Crippen LogP contribution in [-0.4, -0.2) is 16.4 Å². The number of nitrogens with one attached hydrogen (secondary N) is 1. The number of aromatic nitrogens is 1. The molecule has 0 radical (unpaired) electrons. The number of nitrogens with zero attached hydrogens (tertiary/aromatic N) is 1. The van der Waals surface area contributed by atoms with E-state index in [0.717, 1.165) is 11.3 Å². The molecule has 2 aromatic rings. The van der Waals surface area contributed by atoms with Crippen LogP contribution < -0.4 is 5.32 Å². The Labute approximate surface area is 113 Å². The van der Waals surface area contributed by atoms with E-state index in [1.54, 1.807) is 6.20 Å². The first-order valence-electron chi connectivity index (χ1n) is 6.30. The van der Waals surface area contributed by atoms with Crippen molar-refractivity contribution in [3.8, 4) is 11.3 Å². The summed E-state index contributed by atoms with van der Waals surface area (Å²) in [5, 5.41) is 2.95. The standard InChI is InChI=1S/C16H18N2O/c1-16(2,3)18-15(19)13-8-6-7-12(11-13)14-9-4-5-10-17-14/h4-11H,1-3H3,(H,18,19). The smallest absolute Gasteiger partial charge is 0.251 e. The van der Waals surface area contributed by atoms with Gasteiger partial charge in [0.15, 0.2) is 0 Å². The topological polar surface area (TPSA) is 42.0 Å². The van der Waals surface area contributed by atoms with E-state index >= 15 is 0 Å². The van der Waals surface area contributed by atoms with Crippen LogP contribution in [0.15, 0.2) is 48.7 Å². The van der Waals surface area contributed by atoms with E-state index in [2.05, 4.69) is 10.3 Å². The van der Waals surface area contributed by atoms with Crippen molar-refractivity contribution in [2.24, 2.45) is 0 Å². The van der Waals surface area contributed by atoms with Crippen LogP contribution in [-0.2, 0) is 0 Å². The summed E-state index contributed by atoms with van der Waals surface area (Å²) in [6.45, 7) is 5.90. The molecule has 0 saturated carbocycles. The van der Waals surface area contributed by atoms with Gasteiger partial charge < -0.3 is 5.32 Å². The Balaban J connectivity index is 2.28. The molecular formula is C16H18N2O. The van der Waals surface area contributed by atoms with Crippen LogP contribution in [0.25, 0.3) is 11.3 Å². The van der Waals surface area contributed by atoms with E-state index in [9.17, 15) is 4.79 Å². The molecule has 19 heavy (non-hydrogen) atoms. The van der Waals surface area contributed by atoms with Gasteiger partial charge in [-0.25, -0.2) is 0 Å². The number of benzene rings is 1. The first kappa shape index (κ1) is 13.3. The lowest BCUT2D eigenvalue weighted by molar-refractivity contribution is 0.0919. The highest BCUT2D eigenvalue weighted by atomic mass is 16.1. The molecule has 1 aromatic carbocycles. The third kappa shape index (κ3) is 3.65. The molecule has 0 bridgehead atoms. The van der Waals surface area contributed by atoms with Crippen LogP contribution in [0.4, 0.5) is 0 Å². The Bertz CT molecular complexity index is 571. The Hall–Kier alpha value is -2.16. The third-order valence-corrected chi connectivity index (χ3v) is 2.57. The molecule has 0 unspecified atom stereocenters. The van der Waals surface area contributed by atoms with E-state index in [1.165, 1.54) is 0 Å². The van der Waals surface area contributed by atoms with Gasteiger partial charge in [-0.1, -0.05) is 18.2 Å². The van der Waals surface area contributed by atoms with Crippen LogP contribution in [0, 0.1) is 0 Å². The van der Waals surface area contributed by atoms with Crippen molar-refractivity contribution in [1.82, 2.24) is 10.3 Å². The van der Waals surface area contributed by atoms with Crippen LogP contribution in [0.2, 0.25) is 0 Å². The minimum atomic E-state index is -0.238. The lowest BCUT2D eigenvalue weighted by Crippen LogP contribution is -2.40. The van der Waals surface area contributed by atoms with Gasteiger partial charge in [-0.05, 0) is 45.0 Å². The van der Waals surface area contributed by atoms with Crippen molar-refractivity contribution in [3.63, 3.8) is 0 Å². The normalized spacial score (nSPS) is 11.1. The fourth-order valence-electron chi connectivity index (χ4n) is 1.77. The van der Waals surface area contributed by atoms with Gasteiger partial charge in [0.1, 0.15) is 0 Å². The van der Waals surface area contributed by atoms with Crippen LogP contribution in [0.3, 0.4) is 0 Å². The van der Waals surface area contributed by atoms with Gasteiger partial charge in [0, 0.05) is 22.9 Å². The highest BCUT2D eigenvalue weighted by Gasteiger charge is 2.15. The van der Waals surface area contributed by atoms with E-state index < -0.39 is 0 Å². The quantitative estimate of drug-likeness (QED) is 0.893. The fraction of sp³-hybridized carbons (Fsp3) is 0.250. The van der Waals surface area contributed by atoms with Crippen molar-refractivity contribution >= 4 is 5.91 Å². The van der Waals surface area contributed by atoms with E-state index in [0.29, 0.717) is 5.56 Å². The van der Waals surface area contributed by atoms with Gasteiger partial charge in [-0.15, -0.1) is 0 Å². The Morgan fingerprint density at radius 2 is 1.89 bits per heavy atom. The first-order valence-corrected chi connectivity index (χ1v) is 6.30. The second-order valence-corrected chi connectivity index (χ2v) is 5.50. The molecule has 0 aliphatic rings. The molecule has 1 N–H and O–H groups in total. The molecule has 0 aliphatic heterocycles. The number of amides is 1. The van der Waals surface area contributed by atoms with Crippen LogP contribution in [0.1, 0.15) is 31.1 Å². The lowest BCUT2D eigenvalue weighted by atomic mass is 10.0. The lowest BCUT2D eigenvalue weighted by Gasteiger charge is -2.20. The molecule has 2 rings (SSSR count). The van der Waals surface area contributed by atoms with E-state index in [-0.39, 0.29) is 11.4 Å². The van der Waals surface area contributed by atoms with Gasteiger partial charge in [0.2, 0.25) is 0 Å². The number of carbonyl (C=O) groups is 1. The Morgan fingerprint density at radius 1 is 1.11 bits per heavy atom. The molecular weight excluding hydrogens is 236 g/mol. The van der Waals surface area contributed by atoms with Crippen molar-refractivity contribution in [3.05, 3.63) is 54.2 Å². The maximum absolute atomic E-state index is 12.1. The molecule has 3 nitrogen and oxygen atoms in total. The minimum absolute atomic E-state index is 0.0646. The monoisotopic (exact) mass is 254 g/mol.